The number of hydrazone groups is 1. The molecule has 144 valence electrons. The summed E-state index contributed by atoms with van der Waals surface area (Å²) in [6.45, 7) is 4.64. The molecule has 0 saturated heterocycles. The number of hydrogen-bond donors (Lipinski definition) is 1. The van der Waals surface area contributed by atoms with E-state index < -0.39 is 0 Å². The van der Waals surface area contributed by atoms with E-state index in [4.69, 9.17) is 18.9 Å². The molecule has 2 aromatic rings. The van der Waals surface area contributed by atoms with Gasteiger partial charge < -0.3 is 18.9 Å². The Hall–Kier alpha value is -3.22. The highest BCUT2D eigenvalue weighted by Gasteiger charge is 2.07. The Balaban J connectivity index is 1.89. The van der Waals surface area contributed by atoms with Gasteiger partial charge in [0.1, 0.15) is 0 Å². The van der Waals surface area contributed by atoms with Crippen LogP contribution in [0.1, 0.15) is 19.4 Å². The molecule has 1 N–H and O–H groups in total. The Morgan fingerprint density at radius 1 is 0.963 bits per heavy atom. The molecule has 0 aliphatic rings. The van der Waals surface area contributed by atoms with Crippen molar-refractivity contribution in [3.05, 3.63) is 48.0 Å². The number of methoxy groups -OCH3 is 1. The molecule has 0 bridgehead atoms. The Morgan fingerprint density at radius 2 is 1.63 bits per heavy atom. The third-order valence-electron chi connectivity index (χ3n) is 3.40. The van der Waals surface area contributed by atoms with Gasteiger partial charge in [-0.05, 0) is 49.7 Å². The maximum absolute atomic E-state index is 11.9. The predicted octanol–water partition coefficient (Wildman–Crippen LogP) is 3.02. The molecule has 0 unspecified atom stereocenters. The second-order valence-electron chi connectivity index (χ2n) is 5.30. The molecule has 0 fully saturated rings. The van der Waals surface area contributed by atoms with Crippen LogP contribution in [0.25, 0.3) is 0 Å². The highest BCUT2D eigenvalue weighted by atomic mass is 16.5. The standard InChI is InChI=1S/C20H24N2O5/c1-4-25-17-8-6-7-9-18(17)27-14-20(23)22-21-13-15-10-11-16(24-3)19(12-15)26-5-2/h6-13H,4-5,14H2,1-3H3,(H,22,23). The lowest BCUT2D eigenvalue weighted by atomic mass is 10.2. The molecule has 1 amide bonds. The monoisotopic (exact) mass is 372 g/mol. The third-order valence-corrected chi connectivity index (χ3v) is 3.40. The van der Waals surface area contributed by atoms with Crippen LogP contribution < -0.4 is 24.4 Å². The number of carbonyl (C=O) groups is 1. The van der Waals surface area contributed by atoms with Crippen molar-refractivity contribution in [2.75, 3.05) is 26.9 Å². The largest absolute Gasteiger partial charge is 0.493 e. The predicted molar refractivity (Wildman–Crippen MR) is 103 cm³/mol. The van der Waals surface area contributed by atoms with Crippen molar-refractivity contribution in [3.8, 4) is 23.0 Å². The van der Waals surface area contributed by atoms with Gasteiger partial charge in [0.05, 0.1) is 26.5 Å². The normalized spacial score (nSPS) is 10.5. The van der Waals surface area contributed by atoms with Crippen LogP contribution >= 0.6 is 0 Å². The summed E-state index contributed by atoms with van der Waals surface area (Å²) in [7, 11) is 1.58. The molecule has 2 aromatic carbocycles. The van der Waals surface area contributed by atoms with Gasteiger partial charge in [0, 0.05) is 0 Å². The lowest BCUT2D eigenvalue weighted by Crippen LogP contribution is -2.24. The second kappa shape index (κ2) is 10.7. The second-order valence-corrected chi connectivity index (χ2v) is 5.30. The zero-order valence-corrected chi connectivity index (χ0v) is 15.7. The molecule has 0 spiro atoms. The Kier molecular flexibility index (Phi) is 7.96. The van der Waals surface area contributed by atoms with Crippen LogP contribution in [0.5, 0.6) is 23.0 Å². The number of nitrogens with zero attached hydrogens (tertiary/aromatic N) is 1. The molecule has 27 heavy (non-hydrogen) atoms. The third kappa shape index (κ3) is 6.22. The lowest BCUT2D eigenvalue weighted by molar-refractivity contribution is -0.123. The number of nitrogens with one attached hydrogen (secondary N) is 1. The molecular formula is C20H24N2O5. The van der Waals surface area contributed by atoms with E-state index in [1.54, 1.807) is 31.4 Å². The van der Waals surface area contributed by atoms with E-state index in [-0.39, 0.29) is 12.5 Å². The van der Waals surface area contributed by atoms with Gasteiger partial charge in [-0.3, -0.25) is 4.79 Å². The Labute approximate surface area is 158 Å². The minimum Gasteiger partial charge on any atom is -0.493 e. The summed E-state index contributed by atoms with van der Waals surface area (Å²) in [5.74, 6) is 1.98. The summed E-state index contributed by atoms with van der Waals surface area (Å²) >= 11 is 0. The van der Waals surface area contributed by atoms with Crippen molar-refractivity contribution in [2.45, 2.75) is 13.8 Å². The lowest BCUT2D eigenvalue weighted by Gasteiger charge is -2.10. The van der Waals surface area contributed by atoms with Crippen LogP contribution in [0.4, 0.5) is 0 Å². The molecule has 0 saturated carbocycles. The van der Waals surface area contributed by atoms with Gasteiger partial charge >= 0.3 is 0 Å². The number of ether oxygens (including phenoxy) is 4. The maximum atomic E-state index is 11.9. The van der Waals surface area contributed by atoms with Gasteiger partial charge in [-0.15, -0.1) is 0 Å². The summed E-state index contributed by atoms with van der Waals surface area (Å²) < 4.78 is 21.7. The molecule has 7 heteroatoms. The Bertz CT molecular complexity index is 777. The summed E-state index contributed by atoms with van der Waals surface area (Å²) in [6.07, 6.45) is 1.52. The van der Waals surface area contributed by atoms with Gasteiger partial charge in [0.25, 0.3) is 5.91 Å². The van der Waals surface area contributed by atoms with E-state index in [2.05, 4.69) is 10.5 Å². The zero-order valence-electron chi connectivity index (χ0n) is 15.7. The van der Waals surface area contributed by atoms with Gasteiger partial charge in [-0.2, -0.15) is 5.10 Å². The fourth-order valence-corrected chi connectivity index (χ4v) is 2.24. The minimum absolute atomic E-state index is 0.172. The van der Waals surface area contributed by atoms with Crippen molar-refractivity contribution >= 4 is 12.1 Å². The van der Waals surface area contributed by atoms with Crippen LogP contribution in [0.2, 0.25) is 0 Å². The van der Waals surface area contributed by atoms with Crippen molar-refractivity contribution in [3.63, 3.8) is 0 Å². The first-order valence-corrected chi connectivity index (χ1v) is 8.65. The zero-order chi connectivity index (χ0) is 19.5. The fourth-order valence-electron chi connectivity index (χ4n) is 2.24. The van der Waals surface area contributed by atoms with Crippen molar-refractivity contribution in [2.24, 2.45) is 5.10 Å². The number of rotatable bonds is 10. The first-order chi connectivity index (χ1) is 13.2. The maximum Gasteiger partial charge on any atom is 0.277 e. The van der Waals surface area contributed by atoms with Crippen molar-refractivity contribution < 1.29 is 23.7 Å². The quantitative estimate of drug-likeness (QED) is 0.512. The van der Waals surface area contributed by atoms with E-state index in [1.807, 2.05) is 32.0 Å². The van der Waals surface area contributed by atoms with Crippen molar-refractivity contribution in [1.82, 2.24) is 5.43 Å². The van der Waals surface area contributed by atoms with E-state index in [1.165, 1.54) is 6.21 Å². The number of para-hydroxylation sites is 2. The first kappa shape index (κ1) is 20.1. The average Bonchev–Trinajstić information content (AvgIpc) is 2.68. The van der Waals surface area contributed by atoms with Crippen LogP contribution in [0.3, 0.4) is 0 Å². The topological polar surface area (TPSA) is 78.4 Å². The fraction of sp³-hybridized carbons (Fsp3) is 0.300. The molecule has 2 rings (SSSR count). The van der Waals surface area contributed by atoms with E-state index in [0.717, 1.165) is 5.56 Å². The summed E-state index contributed by atoms with van der Waals surface area (Å²) in [5.41, 5.74) is 3.19. The van der Waals surface area contributed by atoms with Crippen molar-refractivity contribution in [1.29, 1.82) is 0 Å². The smallest absolute Gasteiger partial charge is 0.277 e. The number of hydrogen-bond acceptors (Lipinski definition) is 6. The minimum atomic E-state index is -0.379. The van der Waals surface area contributed by atoms with Crippen LogP contribution in [0.15, 0.2) is 47.6 Å². The summed E-state index contributed by atoms with van der Waals surface area (Å²) in [6, 6.07) is 12.6. The van der Waals surface area contributed by atoms with Crippen LogP contribution in [-0.2, 0) is 4.79 Å². The highest BCUT2D eigenvalue weighted by molar-refractivity contribution is 5.83. The van der Waals surface area contributed by atoms with Gasteiger partial charge in [-0.25, -0.2) is 5.43 Å². The molecular weight excluding hydrogens is 348 g/mol. The molecule has 0 aliphatic heterocycles. The number of benzene rings is 2. The summed E-state index contributed by atoms with van der Waals surface area (Å²) in [4.78, 5) is 11.9. The van der Waals surface area contributed by atoms with Gasteiger partial charge in [-0.1, -0.05) is 12.1 Å². The summed E-state index contributed by atoms with van der Waals surface area (Å²) in [5, 5.41) is 3.94. The number of carbonyl (C=O) groups excluding carboxylic acids is 1. The highest BCUT2D eigenvalue weighted by Crippen LogP contribution is 2.27. The molecule has 0 atom stereocenters. The molecule has 7 nitrogen and oxygen atoms in total. The van der Waals surface area contributed by atoms with Gasteiger partial charge in [0.2, 0.25) is 0 Å². The number of amides is 1. The van der Waals surface area contributed by atoms with Crippen LogP contribution in [-0.4, -0.2) is 39.1 Å². The van der Waals surface area contributed by atoms with Gasteiger partial charge in [0.15, 0.2) is 29.6 Å². The average molecular weight is 372 g/mol. The van der Waals surface area contributed by atoms with E-state index in [0.29, 0.717) is 36.2 Å². The first-order valence-electron chi connectivity index (χ1n) is 8.65. The molecule has 0 heterocycles. The Morgan fingerprint density at radius 3 is 2.30 bits per heavy atom. The molecule has 0 aromatic heterocycles. The SMILES string of the molecule is CCOc1cc(C=NNC(=O)COc2ccccc2OCC)ccc1OC. The van der Waals surface area contributed by atoms with Crippen LogP contribution in [0, 0.1) is 0 Å². The van der Waals surface area contributed by atoms with E-state index in [9.17, 15) is 4.79 Å². The van der Waals surface area contributed by atoms with E-state index >= 15 is 0 Å². The molecule has 0 aliphatic carbocycles. The molecule has 0 radical (unpaired) electrons.